The SMILES string of the molecule is CCCCC(C)(CC)C(=O)[O-].C[N+]1(CCO)CCCCC1.I. The number of carbonyl (C=O) groups is 1. The number of aliphatic hydroxyl groups excluding tert-OH is 1. The van der Waals surface area contributed by atoms with Gasteiger partial charge in [-0.05, 0) is 32.1 Å². The van der Waals surface area contributed by atoms with Gasteiger partial charge in [0, 0.05) is 11.4 Å². The average Bonchev–Trinajstić information content (AvgIpc) is 2.46. The van der Waals surface area contributed by atoms with Crippen molar-refractivity contribution in [1.29, 1.82) is 0 Å². The monoisotopic (exact) mass is 429 g/mol. The van der Waals surface area contributed by atoms with Crippen molar-refractivity contribution in [2.45, 2.75) is 65.7 Å². The van der Waals surface area contributed by atoms with Gasteiger partial charge in [-0.25, -0.2) is 0 Å². The molecule has 1 unspecified atom stereocenters. The fourth-order valence-corrected chi connectivity index (χ4v) is 2.73. The third-order valence-corrected chi connectivity index (χ3v) is 4.89. The molecule has 22 heavy (non-hydrogen) atoms. The lowest BCUT2D eigenvalue weighted by Gasteiger charge is -2.37. The number of likely N-dealkylation sites (tertiary alicyclic amines) is 1. The molecule has 1 aliphatic heterocycles. The second-order valence-corrected chi connectivity index (χ2v) is 6.88. The molecule has 0 amide bonds. The lowest BCUT2D eigenvalue weighted by atomic mass is 9.82. The molecular formula is C17H36INO3. The van der Waals surface area contributed by atoms with E-state index in [-0.39, 0.29) is 24.0 Å². The van der Waals surface area contributed by atoms with Crippen LogP contribution in [0.4, 0.5) is 0 Å². The molecule has 0 aromatic heterocycles. The van der Waals surface area contributed by atoms with Crippen LogP contribution in [0.2, 0.25) is 0 Å². The quantitative estimate of drug-likeness (QED) is 0.500. The number of likely N-dealkylation sites (N-methyl/N-ethyl adjacent to an activating group) is 1. The second-order valence-electron chi connectivity index (χ2n) is 6.88. The van der Waals surface area contributed by atoms with Crippen molar-refractivity contribution >= 4 is 29.9 Å². The fraction of sp³-hybridized carbons (Fsp3) is 0.941. The van der Waals surface area contributed by atoms with Gasteiger partial charge in [0.1, 0.15) is 6.54 Å². The Bertz CT molecular complexity index is 288. The van der Waals surface area contributed by atoms with Gasteiger partial charge >= 0.3 is 0 Å². The average molecular weight is 429 g/mol. The number of aliphatic carboxylic acids is 1. The maximum absolute atomic E-state index is 10.6. The molecule has 4 nitrogen and oxygen atoms in total. The Morgan fingerprint density at radius 3 is 2.14 bits per heavy atom. The highest BCUT2D eigenvalue weighted by Gasteiger charge is 2.23. The highest BCUT2D eigenvalue weighted by molar-refractivity contribution is 14.0. The van der Waals surface area contributed by atoms with E-state index in [1.807, 2.05) is 6.92 Å². The number of carboxylic acid groups (broad SMARTS) is 1. The molecule has 1 rings (SSSR count). The number of quaternary nitrogens is 1. The van der Waals surface area contributed by atoms with Gasteiger partial charge in [-0.1, -0.05) is 33.6 Å². The highest BCUT2D eigenvalue weighted by Crippen LogP contribution is 2.26. The van der Waals surface area contributed by atoms with Crippen molar-refractivity contribution in [3.63, 3.8) is 0 Å². The molecule has 1 aliphatic rings. The van der Waals surface area contributed by atoms with Gasteiger partial charge in [0.05, 0.1) is 26.7 Å². The number of rotatable bonds is 7. The lowest BCUT2D eigenvalue weighted by Crippen LogP contribution is -2.49. The maximum atomic E-state index is 10.6. The number of halogens is 1. The summed E-state index contributed by atoms with van der Waals surface area (Å²) in [6, 6.07) is 0. The van der Waals surface area contributed by atoms with E-state index < -0.39 is 11.4 Å². The van der Waals surface area contributed by atoms with E-state index >= 15 is 0 Å². The van der Waals surface area contributed by atoms with Crippen LogP contribution in [0.3, 0.4) is 0 Å². The van der Waals surface area contributed by atoms with E-state index in [2.05, 4.69) is 14.0 Å². The number of carbonyl (C=O) groups excluding carboxylic acids is 1. The smallest absolute Gasteiger partial charge is 0.102 e. The summed E-state index contributed by atoms with van der Waals surface area (Å²) in [7, 11) is 2.25. The zero-order chi connectivity index (χ0) is 16.4. The summed E-state index contributed by atoms with van der Waals surface area (Å²) >= 11 is 0. The molecule has 0 radical (unpaired) electrons. The summed E-state index contributed by atoms with van der Waals surface area (Å²) in [5.74, 6) is -0.909. The molecule has 134 valence electrons. The van der Waals surface area contributed by atoms with Crippen LogP contribution in [0, 0.1) is 5.41 Å². The minimum atomic E-state index is -0.909. The van der Waals surface area contributed by atoms with E-state index in [0.29, 0.717) is 13.0 Å². The molecule has 0 bridgehead atoms. The van der Waals surface area contributed by atoms with Crippen LogP contribution in [-0.2, 0) is 4.79 Å². The summed E-state index contributed by atoms with van der Waals surface area (Å²) in [4.78, 5) is 10.6. The molecule has 0 aromatic carbocycles. The predicted octanol–water partition coefficient (Wildman–Crippen LogP) is 2.57. The van der Waals surface area contributed by atoms with Gasteiger partial charge in [0.15, 0.2) is 0 Å². The number of piperidine rings is 1. The first kappa shape index (κ1) is 24.4. The molecule has 5 heteroatoms. The third-order valence-electron chi connectivity index (χ3n) is 4.89. The molecule has 1 heterocycles. The topological polar surface area (TPSA) is 60.4 Å². The maximum Gasteiger partial charge on any atom is 0.102 e. The van der Waals surface area contributed by atoms with Crippen molar-refractivity contribution < 1.29 is 19.5 Å². The molecule has 1 N–H and O–H groups in total. The minimum absolute atomic E-state index is 0. The number of hydrogen-bond donors (Lipinski definition) is 1. The molecule has 1 saturated heterocycles. The first-order valence-corrected chi connectivity index (χ1v) is 8.49. The zero-order valence-electron chi connectivity index (χ0n) is 14.9. The number of unbranched alkanes of at least 4 members (excludes halogenated alkanes) is 1. The van der Waals surface area contributed by atoms with Gasteiger partial charge in [-0.2, -0.15) is 0 Å². The van der Waals surface area contributed by atoms with Gasteiger partial charge in [-0.15, -0.1) is 24.0 Å². The first-order chi connectivity index (χ1) is 9.83. The third kappa shape index (κ3) is 9.30. The van der Waals surface area contributed by atoms with Crippen LogP contribution >= 0.6 is 24.0 Å². The van der Waals surface area contributed by atoms with E-state index in [0.717, 1.165) is 30.3 Å². The van der Waals surface area contributed by atoms with Crippen LogP contribution < -0.4 is 5.11 Å². The second kappa shape index (κ2) is 12.5. The van der Waals surface area contributed by atoms with E-state index in [1.165, 1.54) is 32.4 Å². The van der Waals surface area contributed by atoms with Crippen molar-refractivity contribution in [3.8, 4) is 0 Å². The van der Waals surface area contributed by atoms with Gasteiger partial charge in [0.25, 0.3) is 0 Å². The van der Waals surface area contributed by atoms with Crippen molar-refractivity contribution in [2.75, 3.05) is 33.3 Å². The van der Waals surface area contributed by atoms with Gasteiger partial charge < -0.3 is 19.5 Å². The number of nitrogens with zero attached hydrogens (tertiary/aromatic N) is 1. The molecule has 1 atom stereocenters. The first-order valence-electron chi connectivity index (χ1n) is 8.49. The zero-order valence-corrected chi connectivity index (χ0v) is 17.2. The fourth-order valence-electron chi connectivity index (χ4n) is 2.73. The minimum Gasteiger partial charge on any atom is -0.550 e. The molecule has 0 aliphatic carbocycles. The van der Waals surface area contributed by atoms with E-state index in [1.54, 1.807) is 6.92 Å². The van der Waals surface area contributed by atoms with Crippen molar-refractivity contribution in [2.24, 2.45) is 5.41 Å². The summed E-state index contributed by atoms with van der Waals surface area (Å²) < 4.78 is 1.09. The Balaban J connectivity index is 0. The van der Waals surface area contributed by atoms with Gasteiger partial charge in [0.2, 0.25) is 0 Å². The Morgan fingerprint density at radius 2 is 1.77 bits per heavy atom. The Labute approximate surface area is 153 Å². The van der Waals surface area contributed by atoms with Crippen LogP contribution in [0.25, 0.3) is 0 Å². The molecule has 1 fully saturated rings. The summed E-state index contributed by atoms with van der Waals surface area (Å²) in [5, 5.41) is 19.4. The molecule has 0 spiro atoms. The highest BCUT2D eigenvalue weighted by atomic mass is 127. The largest absolute Gasteiger partial charge is 0.550 e. The van der Waals surface area contributed by atoms with Crippen LogP contribution in [0.1, 0.15) is 65.7 Å². The Hall–Kier alpha value is 0.120. The number of hydrogen-bond acceptors (Lipinski definition) is 3. The molecular weight excluding hydrogens is 393 g/mol. The Morgan fingerprint density at radius 1 is 1.23 bits per heavy atom. The predicted molar refractivity (Wildman–Crippen MR) is 100 cm³/mol. The van der Waals surface area contributed by atoms with Crippen LogP contribution in [-0.4, -0.2) is 48.8 Å². The van der Waals surface area contributed by atoms with E-state index in [4.69, 9.17) is 5.11 Å². The molecule has 0 aromatic rings. The molecule has 0 saturated carbocycles. The summed E-state index contributed by atoms with van der Waals surface area (Å²) in [6.07, 6.45) is 7.49. The van der Waals surface area contributed by atoms with Crippen LogP contribution in [0.15, 0.2) is 0 Å². The summed E-state index contributed by atoms with van der Waals surface area (Å²) in [5.41, 5.74) is -0.601. The lowest BCUT2D eigenvalue weighted by molar-refractivity contribution is -0.914. The van der Waals surface area contributed by atoms with Gasteiger partial charge in [-0.3, -0.25) is 0 Å². The normalized spacial score (nSPS) is 19.1. The number of carboxylic acids is 1. The Kier molecular flexibility index (Phi) is 13.9. The van der Waals surface area contributed by atoms with Crippen molar-refractivity contribution in [1.82, 2.24) is 0 Å². The van der Waals surface area contributed by atoms with E-state index in [9.17, 15) is 9.90 Å². The standard InChI is InChI=1S/C9H18O2.C8H18NO.HI/c1-4-6-7-9(3,5-2)8(10)11;1-9(7-8-10)5-3-2-4-6-9;/h4-7H2,1-3H3,(H,10,11);10H,2-8H2,1H3;1H/q;+1;/p-1. The van der Waals surface area contributed by atoms with Crippen molar-refractivity contribution in [3.05, 3.63) is 0 Å². The van der Waals surface area contributed by atoms with Crippen LogP contribution in [0.5, 0.6) is 0 Å². The summed E-state index contributed by atoms with van der Waals surface area (Å²) in [6.45, 7) is 9.53. The number of aliphatic hydroxyl groups is 1.